The lowest BCUT2D eigenvalue weighted by Crippen LogP contribution is -1.94. The number of hydrogen-bond donors (Lipinski definition) is 1. The fourth-order valence-corrected chi connectivity index (χ4v) is 1.98. The van der Waals surface area contributed by atoms with Gasteiger partial charge in [-0.1, -0.05) is 0 Å². The number of rotatable bonds is 1. The van der Waals surface area contributed by atoms with Crippen LogP contribution in [-0.4, -0.2) is 10.9 Å². The lowest BCUT2D eigenvalue weighted by atomic mass is 9.96. The summed E-state index contributed by atoms with van der Waals surface area (Å²) < 4.78 is 5.29. The Kier molecular flexibility index (Phi) is 2.26. The van der Waals surface area contributed by atoms with Crippen molar-refractivity contribution in [2.45, 2.75) is 27.7 Å². The topological polar surface area (TPSA) is 50.4 Å². The van der Waals surface area contributed by atoms with Crippen molar-refractivity contribution >= 4 is 16.8 Å². The van der Waals surface area contributed by atoms with Crippen LogP contribution in [0.15, 0.2) is 10.7 Å². The first kappa shape index (κ1) is 10.7. The van der Waals surface area contributed by atoms with E-state index in [9.17, 15) is 9.90 Å². The van der Waals surface area contributed by atoms with E-state index in [1.165, 1.54) is 13.2 Å². The van der Waals surface area contributed by atoms with Gasteiger partial charge < -0.3 is 9.52 Å². The van der Waals surface area contributed by atoms with Crippen LogP contribution in [0.2, 0.25) is 0 Å². The van der Waals surface area contributed by atoms with Gasteiger partial charge in [0.1, 0.15) is 6.26 Å². The van der Waals surface area contributed by atoms with E-state index < -0.39 is 0 Å². The molecule has 0 bridgehead atoms. The van der Waals surface area contributed by atoms with Gasteiger partial charge in [0.15, 0.2) is 17.1 Å². The van der Waals surface area contributed by atoms with Crippen molar-refractivity contribution in [1.82, 2.24) is 0 Å². The van der Waals surface area contributed by atoms with Gasteiger partial charge in [0, 0.05) is 5.39 Å². The Morgan fingerprint density at radius 3 is 2.38 bits per heavy atom. The number of Topliss-reactive ketones (excluding diaryl/α,β-unsaturated/α-hetero) is 1. The molecule has 2 rings (SSSR count). The van der Waals surface area contributed by atoms with Crippen molar-refractivity contribution in [3.63, 3.8) is 0 Å². The van der Waals surface area contributed by atoms with Crippen LogP contribution < -0.4 is 0 Å². The minimum atomic E-state index is -0.0514. The van der Waals surface area contributed by atoms with Crippen molar-refractivity contribution in [2.75, 3.05) is 0 Å². The summed E-state index contributed by atoms with van der Waals surface area (Å²) in [5, 5.41) is 10.7. The molecule has 0 aliphatic carbocycles. The molecule has 2 aromatic rings. The maximum Gasteiger partial charge on any atom is 0.176 e. The number of ketones is 1. The predicted molar refractivity (Wildman–Crippen MR) is 62.1 cm³/mol. The summed E-state index contributed by atoms with van der Waals surface area (Å²) in [6, 6.07) is 0. The maximum atomic E-state index is 11.4. The summed E-state index contributed by atoms with van der Waals surface area (Å²) in [5.41, 5.74) is 3.73. The molecule has 0 radical (unpaired) electrons. The minimum absolute atomic E-state index is 0.0514. The molecule has 16 heavy (non-hydrogen) atoms. The molecule has 0 aliphatic rings. The van der Waals surface area contributed by atoms with Crippen molar-refractivity contribution < 1.29 is 14.3 Å². The smallest absolute Gasteiger partial charge is 0.176 e. The van der Waals surface area contributed by atoms with E-state index in [4.69, 9.17) is 4.42 Å². The van der Waals surface area contributed by atoms with Crippen LogP contribution >= 0.6 is 0 Å². The third-order valence-corrected chi connectivity index (χ3v) is 3.24. The molecule has 0 fully saturated rings. The van der Waals surface area contributed by atoms with Crippen LogP contribution in [0.5, 0.6) is 5.75 Å². The number of carbonyl (C=O) groups is 1. The van der Waals surface area contributed by atoms with Gasteiger partial charge in [0.2, 0.25) is 0 Å². The molecule has 3 nitrogen and oxygen atoms in total. The number of aromatic hydroxyl groups is 1. The number of phenolic OH excluding ortho intramolecular Hbond substituents is 1. The number of fused-ring (bicyclic) bond motifs is 1. The number of phenols is 1. The van der Waals surface area contributed by atoms with E-state index in [-0.39, 0.29) is 11.5 Å². The normalized spacial score (nSPS) is 11.0. The molecule has 0 saturated heterocycles. The third kappa shape index (κ3) is 1.24. The van der Waals surface area contributed by atoms with Gasteiger partial charge in [0.25, 0.3) is 0 Å². The molecular weight excluding hydrogens is 204 g/mol. The lowest BCUT2D eigenvalue weighted by Gasteiger charge is -2.08. The molecule has 0 spiro atoms. The second-order valence-corrected chi connectivity index (χ2v) is 4.13. The lowest BCUT2D eigenvalue weighted by molar-refractivity contribution is 0.101. The zero-order valence-corrected chi connectivity index (χ0v) is 9.84. The fraction of sp³-hybridized carbons (Fsp3) is 0.308. The van der Waals surface area contributed by atoms with E-state index in [1.807, 2.05) is 20.8 Å². The maximum absolute atomic E-state index is 11.4. The van der Waals surface area contributed by atoms with Gasteiger partial charge in [0.05, 0.1) is 5.56 Å². The SMILES string of the molecule is CC(=O)c1coc2c(O)c(C)c(C)c(C)c12. The monoisotopic (exact) mass is 218 g/mol. The summed E-state index contributed by atoms with van der Waals surface area (Å²) in [6.07, 6.45) is 1.42. The van der Waals surface area contributed by atoms with E-state index >= 15 is 0 Å². The molecule has 1 aromatic heterocycles. The third-order valence-electron chi connectivity index (χ3n) is 3.24. The van der Waals surface area contributed by atoms with Gasteiger partial charge in [-0.05, 0) is 44.4 Å². The van der Waals surface area contributed by atoms with Crippen molar-refractivity contribution in [1.29, 1.82) is 0 Å². The first-order chi connectivity index (χ1) is 7.45. The van der Waals surface area contributed by atoms with Crippen molar-refractivity contribution in [2.24, 2.45) is 0 Å². The summed E-state index contributed by atoms with van der Waals surface area (Å²) in [7, 11) is 0. The Hall–Kier alpha value is -1.77. The second kappa shape index (κ2) is 3.37. The molecule has 0 atom stereocenters. The van der Waals surface area contributed by atoms with E-state index in [0.29, 0.717) is 11.1 Å². The van der Waals surface area contributed by atoms with E-state index in [1.54, 1.807) is 0 Å². The van der Waals surface area contributed by atoms with Crippen molar-refractivity contribution in [3.8, 4) is 5.75 Å². The predicted octanol–water partition coefficient (Wildman–Crippen LogP) is 3.27. The Morgan fingerprint density at radius 1 is 1.19 bits per heavy atom. The van der Waals surface area contributed by atoms with Gasteiger partial charge >= 0.3 is 0 Å². The van der Waals surface area contributed by atoms with Crippen LogP contribution in [0.25, 0.3) is 11.0 Å². The van der Waals surface area contributed by atoms with Crippen LogP contribution in [0.4, 0.5) is 0 Å². The molecular formula is C13H14O3. The second-order valence-electron chi connectivity index (χ2n) is 4.13. The first-order valence-corrected chi connectivity index (χ1v) is 5.16. The van der Waals surface area contributed by atoms with Crippen LogP contribution in [0.3, 0.4) is 0 Å². The highest BCUT2D eigenvalue weighted by Crippen LogP contribution is 2.37. The highest BCUT2D eigenvalue weighted by molar-refractivity contribution is 6.08. The van der Waals surface area contributed by atoms with Crippen LogP contribution in [-0.2, 0) is 0 Å². The summed E-state index contributed by atoms with van der Waals surface area (Å²) in [6.45, 7) is 7.20. The zero-order valence-electron chi connectivity index (χ0n) is 9.84. The quantitative estimate of drug-likeness (QED) is 0.747. The number of carbonyl (C=O) groups excluding carboxylic acids is 1. The number of hydrogen-bond acceptors (Lipinski definition) is 3. The molecule has 0 amide bonds. The standard InChI is InChI=1S/C13H14O3/c1-6-7(2)11-10(9(4)14)5-16-13(11)12(15)8(6)3/h5,15H,1-4H3. The zero-order chi connectivity index (χ0) is 12.0. The molecule has 1 aromatic carbocycles. The van der Waals surface area contributed by atoms with E-state index in [0.717, 1.165) is 22.1 Å². The highest BCUT2D eigenvalue weighted by Gasteiger charge is 2.19. The Bertz CT molecular complexity index is 591. The Balaban J connectivity index is 3.00. The largest absolute Gasteiger partial charge is 0.504 e. The molecule has 0 unspecified atom stereocenters. The fourth-order valence-electron chi connectivity index (χ4n) is 1.98. The number of aryl methyl sites for hydroxylation is 1. The average Bonchev–Trinajstić information content (AvgIpc) is 2.67. The van der Waals surface area contributed by atoms with Crippen LogP contribution in [0.1, 0.15) is 34.0 Å². The first-order valence-electron chi connectivity index (χ1n) is 5.16. The van der Waals surface area contributed by atoms with E-state index in [2.05, 4.69) is 0 Å². The molecule has 0 saturated carbocycles. The summed E-state index contributed by atoms with van der Waals surface area (Å²) in [5.74, 6) is 0.0788. The summed E-state index contributed by atoms with van der Waals surface area (Å²) >= 11 is 0. The summed E-state index contributed by atoms with van der Waals surface area (Å²) in [4.78, 5) is 11.4. The van der Waals surface area contributed by atoms with Gasteiger partial charge in [-0.2, -0.15) is 0 Å². The van der Waals surface area contributed by atoms with Crippen LogP contribution in [0, 0.1) is 20.8 Å². The molecule has 1 N–H and O–H groups in total. The van der Waals surface area contributed by atoms with Gasteiger partial charge in [-0.25, -0.2) is 0 Å². The molecule has 3 heteroatoms. The number of furan rings is 1. The minimum Gasteiger partial charge on any atom is -0.504 e. The van der Waals surface area contributed by atoms with Gasteiger partial charge in [-0.3, -0.25) is 4.79 Å². The van der Waals surface area contributed by atoms with Gasteiger partial charge in [-0.15, -0.1) is 0 Å². The Morgan fingerprint density at radius 2 is 1.81 bits per heavy atom. The molecule has 84 valence electrons. The average molecular weight is 218 g/mol. The highest BCUT2D eigenvalue weighted by atomic mass is 16.3. The molecule has 0 aliphatic heterocycles. The molecule has 1 heterocycles. The van der Waals surface area contributed by atoms with Crippen molar-refractivity contribution in [3.05, 3.63) is 28.5 Å². The Labute approximate surface area is 93.7 Å². The number of benzene rings is 1.